The number of halogens is 2. The molecule has 1 heterocycles. The number of aromatic nitrogens is 2. The third-order valence-electron chi connectivity index (χ3n) is 4.74. The Labute approximate surface area is 179 Å². The third kappa shape index (κ3) is 5.33. The van der Waals surface area contributed by atoms with Crippen LogP contribution in [0.25, 0.3) is 0 Å². The predicted molar refractivity (Wildman–Crippen MR) is 111 cm³/mol. The molecule has 2 aromatic carbocycles. The van der Waals surface area contributed by atoms with Gasteiger partial charge in [0.25, 0.3) is 5.91 Å². The number of aryl methyl sites for hydroxylation is 1. The van der Waals surface area contributed by atoms with Gasteiger partial charge in [0.15, 0.2) is 0 Å². The molecule has 0 saturated carbocycles. The molecule has 31 heavy (non-hydrogen) atoms. The van der Waals surface area contributed by atoms with Crippen molar-refractivity contribution in [3.8, 4) is 0 Å². The normalized spacial score (nSPS) is 11.6. The van der Waals surface area contributed by atoms with Gasteiger partial charge in [-0.25, -0.2) is 18.1 Å². The van der Waals surface area contributed by atoms with E-state index in [0.29, 0.717) is 10.1 Å². The van der Waals surface area contributed by atoms with Gasteiger partial charge in [0.1, 0.15) is 5.82 Å². The molecule has 164 valence electrons. The summed E-state index contributed by atoms with van der Waals surface area (Å²) in [5.74, 6) is -0.474. The number of hydrogen-bond acceptors (Lipinski definition) is 4. The number of hydrogen-bond donors (Lipinski definition) is 1. The van der Waals surface area contributed by atoms with Crippen molar-refractivity contribution in [1.82, 2.24) is 19.2 Å². The number of imidazole rings is 1. The van der Waals surface area contributed by atoms with E-state index in [1.807, 2.05) is 6.07 Å². The summed E-state index contributed by atoms with van der Waals surface area (Å²) in [5.41, 5.74) is 1.53. The van der Waals surface area contributed by atoms with Crippen LogP contribution in [0.3, 0.4) is 0 Å². The highest BCUT2D eigenvalue weighted by atomic mass is 32.2. The van der Waals surface area contributed by atoms with E-state index in [9.17, 15) is 22.0 Å². The monoisotopic (exact) mass is 448 g/mol. The van der Waals surface area contributed by atoms with Gasteiger partial charge in [-0.15, -0.1) is 0 Å². The molecule has 0 saturated heterocycles. The van der Waals surface area contributed by atoms with Crippen LogP contribution in [0, 0.1) is 6.92 Å². The Hall–Kier alpha value is -3.11. The molecule has 0 radical (unpaired) electrons. The molecule has 3 rings (SSSR count). The van der Waals surface area contributed by atoms with E-state index < -0.39 is 22.5 Å². The van der Waals surface area contributed by atoms with E-state index in [1.54, 1.807) is 31.2 Å². The van der Waals surface area contributed by atoms with Crippen LogP contribution < -0.4 is 4.72 Å². The second-order valence-corrected chi connectivity index (χ2v) is 8.74. The van der Waals surface area contributed by atoms with Gasteiger partial charge in [0.05, 0.1) is 11.4 Å². The Balaban J connectivity index is 1.79. The number of nitrogens with one attached hydrogen (secondary N) is 1. The van der Waals surface area contributed by atoms with Crippen LogP contribution in [0.4, 0.5) is 8.78 Å². The largest absolute Gasteiger partial charge is 0.334 e. The van der Waals surface area contributed by atoms with Crippen molar-refractivity contribution in [1.29, 1.82) is 0 Å². The fraction of sp³-hybridized carbons (Fsp3) is 0.238. The zero-order valence-corrected chi connectivity index (χ0v) is 17.8. The Bertz CT molecular complexity index is 1160. The summed E-state index contributed by atoms with van der Waals surface area (Å²) in [6.07, 6.45) is 2.37. The lowest BCUT2D eigenvalue weighted by molar-refractivity contribution is 0.0612. The molecule has 0 aliphatic heterocycles. The number of benzene rings is 2. The predicted octanol–water partition coefficient (Wildman–Crippen LogP) is 3.34. The van der Waals surface area contributed by atoms with Crippen molar-refractivity contribution < 1.29 is 22.0 Å². The Kier molecular flexibility index (Phi) is 6.81. The molecular formula is C21H22F2N4O3S. The molecule has 0 fully saturated rings. The van der Waals surface area contributed by atoms with E-state index in [2.05, 4.69) is 9.71 Å². The lowest BCUT2D eigenvalue weighted by Gasteiger charge is -2.19. The number of sulfonamides is 1. The van der Waals surface area contributed by atoms with Crippen molar-refractivity contribution in [2.75, 3.05) is 7.05 Å². The first-order valence-electron chi connectivity index (χ1n) is 9.38. The first-order valence-corrected chi connectivity index (χ1v) is 10.9. The highest BCUT2D eigenvalue weighted by molar-refractivity contribution is 7.89. The van der Waals surface area contributed by atoms with Gasteiger partial charge in [-0.1, -0.05) is 36.4 Å². The number of nitrogens with zero attached hydrogens (tertiary/aromatic N) is 3. The summed E-state index contributed by atoms with van der Waals surface area (Å²) >= 11 is 0. The topological polar surface area (TPSA) is 84.3 Å². The zero-order valence-electron chi connectivity index (χ0n) is 17.0. The van der Waals surface area contributed by atoms with Gasteiger partial charge in [0.2, 0.25) is 10.0 Å². The van der Waals surface area contributed by atoms with E-state index in [4.69, 9.17) is 0 Å². The van der Waals surface area contributed by atoms with E-state index >= 15 is 0 Å². The van der Waals surface area contributed by atoms with Crippen molar-refractivity contribution in [3.63, 3.8) is 0 Å². The molecule has 0 spiro atoms. The first-order chi connectivity index (χ1) is 14.7. The summed E-state index contributed by atoms with van der Waals surface area (Å²) in [7, 11) is -2.42. The molecule has 0 unspecified atom stereocenters. The van der Waals surface area contributed by atoms with E-state index in [1.165, 1.54) is 36.3 Å². The molecule has 0 aliphatic carbocycles. The molecule has 1 aromatic heterocycles. The van der Waals surface area contributed by atoms with Crippen molar-refractivity contribution in [3.05, 3.63) is 83.4 Å². The van der Waals surface area contributed by atoms with Crippen molar-refractivity contribution >= 4 is 15.9 Å². The van der Waals surface area contributed by atoms with Crippen LogP contribution in [0.15, 0.2) is 65.8 Å². The fourth-order valence-electron chi connectivity index (χ4n) is 2.99. The zero-order chi connectivity index (χ0) is 22.6. The van der Waals surface area contributed by atoms with Gasteiger partial charge >= 0.3 is 6.55 Å². The SMILES string of the molecule is Cc1ccc(S(=O)(=O)NCc2ccccc2)cc1C(=O)N(C)Cc1nccn1C(F)F. The summed E-state index contributed by atoms with van der Waals surface area (Å²) in [6, 6.07) is 13.3. The third-order valence-corrected chi connectivity index (χ3v) is 6.14. The van der Waals surface area contributed by atoms with E-state index in [0.717, 1.165) is 11.8 Å². The standard InChI is InChI=1S/C21H22F2N4O3S/c1-15-8-9-17(31(29,30)25-13-16-6-4-3-5-7-16)12-18(15)20(28)26(2)14-19-24-10-11-27(19)21(22)23/h3-12,21,25H,13-14H2,1-2H3. The van der Waals surface area contributed by atoms with Gasteiger partial charge in [-0.3, -0.25) is 9.36 Å². The lowest BCUT2D eigenvalue weighted by Crippen LogP contribution is -2.29. The molecule has 0 bridgehead atoms. The lowest BCUT2D eigenvalue weighted by atomic mass is 10.1. The first kappa shape index (κ1) is 22.6. The van der Waals surface area contributed by atoms with Crippen LogP contribution >= 0.6 is 0 Å². The molecule has 7 nitrogen and oxygen atoms in total. The Morgan fingerprint density at radius 3 is 2.58 bits per heavy atom. The van der Waals surface area contributed by atoms with Crippen LogP contribution in [-0.2, 0) is 23.1 Å². The van der Waals surface area contributed by atoms with Gasteiger partial charge < -0.3 is 4.90 Å². The molecule has 1 amide bonds. The highest BCUT2D eigenvalue weighted by Crippen LogP contribution is 2.19. The van der Waals surface area contributed by atoms with Crippen LogP contribution in [0.5, 0.6) is 0 Å². The van der Waals surface area contributed by atoms with Gasteiger partial charge in [-0.2, -0.15) is 8.78 Å². The maximum Gasteiger partial charge on any atom is 0.319 e. The minimum absolute atomic E-state index is 0.0248. The Morgan fingerprint density at radius 2 is 1.90 bits per heavy atom. The number of amides is 1. The fourth-order valence-corrected chi connectivity index (χ4v) is 4.03. The molecule has 10 heteroatoms. The van der Waals surface area contributed by atoms with Crippen LogP contribution in [-0.4, -0.2) is 35.8 Å². The highest BCUT2D eigenvalue weighted by Gasteiger charge is 2.22. The van der Waals surface area contributed by atoms with Crippen molar-refractivity contribution in [2.24, 2.45) is 0 Å². The number of carbonyl (C=O) groups is 1. The smallest absolute Gasteiger partial charge is 0.319 e. The number of rotatable bonds is 8. The van der Waals surface area contributed by atoms with Crippen LogP contribution in [0.2, 0.25) is 0 Å². The minimum atomic E-state index is -3.86. The van der Waals surface area contributed by atoms with Gasteiger partial charge in [-0.05, 0) is 30.2 Å². The summed E-state index contributed by atoms with van der Waals surface area (Å²) in [4.78, 5) is 18.0. The maximum atomic E-state index is 13.0. The summed E-state index contributed by atoms with van der Waals surface area (Å²) < 4.78 is 54.6. The maximum absolute atomic E-state index is 13.0. The summed E-state index contributed by atoms with van der Waals surface area (Å²) in [6.45, 7) is -1.14. The van der Waals surface area contributed by atoms with E-state index in [-0.39, 0.29) is 29.4 Å². The average Bonchev–Trinajstić information content (AvgIpc) is 3.21. The van der Waals surface area contributed by atoms with Crippen molar-refractivity contribution in [2.45, 2.75) is 31.5 Å². The number of carbonyl (C=O) groups excluding carboxylic acids is 1. The van der Waals surface area contributed by atoms with Gasteiger partial charge in [0, 0.05) is 31.5 Å². The minimum Gasteiger partial charge on any atom is -0.334 e. The molecule has 0 aliphatic rings. The molecule has 3 aromatic rings. The second-order valence-electron chi connectivity index (χ2n) is 6.98. The summed E-state index contributed by atoms with van der Waals surface area (Å²) in [5, 5.41) is 0. The van der Waals surface area contributed by atoms with Crippen LogP contribution in [0.1, 0.15) is 33.9 Å². The Morgan fingerprint density at radius 1 is 1.19 bits per heavy atom. The molecule has 0 atom stereocenters. The average molecular weight is 448 g/mol. The second kappa shape index (κ2) is 9.36. The quantitative estimate of drug-likeness (QED) is 0.573. The molecule has 1 N–H and O–H groups in total. The number of alkyl halides is 2. The molecular weight excluding hydrogens is 426 g/mol.